The number of primary amides is 1. The van der Waals surface area contributed by atoms with Crippen LogP contribution >= 0.6 is 0 Å². The van der Waals surface area contributed by atoms with Crippen LogP contribution in [-0.4, -0.2) is 20.6 Å². The highest BCUT2D eigenvalue weighted by Crippen LogP contribution is 2.37. The molecule has 0 saturated carbocycles. The Hall–Kier alpha value is -1.89. The molecule has 0 unspecified atom stereocenters. The molecule has 0 aliphatic rings. The number of nitrogens with zero attached hydrogens (tertiary/aromatic N) is 1. The Balaban J connectivity index is 2.97. The molecule has 116 valence electrons. The Morgan fingerprint density at radius 3 is 2.57 bits per heavy atom. The van der Waals surface area contributed by atoms with Gasteiger partial charge in [0.2, 0.25) is 8.32 Å². The fourth-order valence-electron chi connectivity index (χ4n) is 1.30. The lowest BCUT2D eigenvalue weighted by molar-refractivity contribution is 0.249. The second-order valence-electron chi connectivity index (χ2n) is 6.28. The quantitative estimate of drug-likeness (QED) is 0.509. The van der Waals surface area contributed by atoms with E-state index in [0.717, 1.165) is 0 Å². The number of carbonyl (C=O) groups excluding carboxylic acids is 1. The van der Waals surface area contributed by atoms with E-state index in [1.54, 1.807) is 12.1 Å². The zero-order chi connectivity index (χ0) is 16.3. The van der Waals surface area contributed by atoms with Gasteiger partial charge in [-0.05, 0) is 36.3 Å². The van der Waals surface area contributed by atoms with Crippen molar-refractivity contribution in [3.05, 3.63) is 29.6 Å². The summed E-state index contributed by atoms with van der Waals surface area (Å²) in [7, 11) is -1.99. The van der Waals surface area contributed by atoms with E-state index in [2.05, 4.69) is 39.0 Å². The second-order valence-corrected chi connectivity index (χ2v) is 11.0. The van der Waals surface area contributed by atoms with E-state index in [1.165, 1.54) is 12.3 Å². The maximum Gasteiger partial charge on any atom is 0.332 e. The lowest BCUT2D eigenvalue weighted by Gasteiger charge is -2.36. The molecule has 1 rings (SSSR count). The summed E-state index contributed by atoms with van der Waals surface area (Å²) in [5.74, 6) is 0.135. The van der Waals surface area contributed by atoms with Crippen LogP contribution in [0.3, 0.4) is 0 Å². The minimum atomic E-state index is -1.99. The van der Waals surface area contributed by atoms with E-state index in [-0.39, 0.29) is 10.6 Å². The topological polar surface area (TPSA) is 76.7 Å². The minimum Gasteiger partial charge on any atom is -0.543 e. The summed E-state index contributed by atoms with van der Waals surface area (Å²) in [4.78, 5) is 10.5. The molecular weight excluding hydrogens is 289 g/mol. The molecule has 0 spiro atoms. The third-order valence-electron chi connectivity index (χ3n) is 3.53. The molecule has 2 amide bonds. The zero-order valence-corrected chi connectivity index (χ0v) is 14.0. The van der Waals surface area contributed by atoms with Gasteiger partial charge in [-0.1, -0.05) is 20.8 Å². The van der Waals surface area contributed by atoms with Crippen molar-refractivity contribution >= 4 is 20.6 Å². The van der Waals surface area contributed by atoms with Gasteiger partial charge in [-0.25, -0.2) is 14.6 Å². The predicted molar refractivity (Wildman–Crippen MR) is 84.5 cm³/mol. The largest absolute Gasteiger partial charge is 0.543 e. The van der Waals surface area contributed by atoms with E-state index >= 15 is 0 Å². The van der Waals surface area contributed by atoms with Crippen LogP contribution < -0.4 is 15.6 Å². The number of hydrazone groups is 1. The highest BCUT2D eigenvalue weighted by Gasteiger charge is 2.39. The van der Waals surface area contributed by atoms with Crippen LogP contribution in [0.5, 0.6) is 5.75 Å². The van der Waals surface area contributed by atoms with Gasteiger partial charge in [0.1, 0.15) is 11.6 Å². The normalized spacial score (nSPS) is 12.5. The van der Waals surface area contributed by atoms with Gasteiger partial charge in [-0.3, -0.25) is 0 Å². The van der Waals surface area contributed by atoms with E-state index in [1.807, 2.05) is 5.43 Å². The molecule has 0 saturated heterocycles. The number of amides is 2. The molecular formula is C14H22FN3O2Si. The molecule has 0 heterocycles. The van der Waals surface area contributed by atoms with Crippen molar-refractivity contribution in [2.45, 2.75) is 38.9 Å². The third kappa shape index (κ3) is 4.85. The van der Waals surface area contributed by atoms with Crippen molar-refractivity contribution < 1.29 is 13.6 Å². The molecule has 0 aliphatic carbocycles. The van der Waals surface area contributed by atoms with Crippen LogP contribution in [-0.2, 0) is 0 Å². The smallest absolute Gasteiger partial charge is 0.332 e. The summed E-state index contributed by atoms with van der Waals surface area (Å²) in [6.07, 6.45) is 1.19. The summed E-state index contributed by atoms with van der Waals surface area (Å²) >= 11 is 0. The summed E-state index contributed by atoms with van der Waals surface area (Å²) in [6, 6.07) is 3.66. The number of benzene rings is 1. The number of rotatable bonds is 4. The number of nitrogens with two attached hydrogens (primary N) is 1. The Morgan fingerprint density at radius 2 is 2.05 bits per heavy atom. The third-order valence-corrected chi connectivity index (χ3v) is 7.88. The number of carbonyl (C=O) groups is 1. The molecule has 0 aliphatic heterocycles. The lowest BCUT2D eigenvalue weighted by Crippen LogP contribution is -2.43. The van der Waals surface area contributed by atoms with Crippen molar-refractivity contribution in [2.75, 3.05) is 0 Å². The molecule has 0 atom stereocenters. The SMILES string of the molecule is CC(C)(C)[Si](C)(C)Oc1ccc(F)c(C=NNC(N)=O)c1. The van der Waals surface area contributed by atoms with Crippen LogP contribution in [0.15, 0.2) is 23.3 Å². The molecule has 1 aromatic carbocycles. The van der Waals surface area contributed by atoms with Crippen LogP contribution in [0, 0.1) is 5.82 Å². The average molecular weight is 311 g/mol. The minimum absolute atomic E-state index is 0.0448. The molecule has 0 fully saturated rings. The van der Waals surface area contributed by atoms with Gasteiger partial charge < -0.3 is 10.2 Å². The van der Waals surface area contributed by atoms with Gasteiger partial charge in [0.25, 0.3) is 0 Å². The average Bonchev–Trinajstić information content (AvgIpc) is 2.31. The maximum atomic E-state index is 13.7. The standard InChI is InChI=1S/C14H22FN3O2Si/c1-14(2,3)21(4,5)20-11-6-7-12(15)10(8-11)9-17-18-13(16)19/h6-9H,1-5H3,(H3,16,18,19). The maximum absolute atomic E-state index is 13.7. The van der Waals surface area contributed by atoms with Crippen molar-refractivity contribution in [3.8, 4) is 5.75 Å². The highest BCUT2D eigenvalue weighted by molar-refractivity contribution is 6.74. The van der Waals surface area contributed by atoms with Gasteiger partial charge in [0.15, 0.2) is 0 Å². The van der Waals surface area contributed by atoms with Crippen molar-refractivity contribution in [2.24, 2.45) is 10.8 Å². The molecule has 3 N–H and O–H groups in total. The van der Waals surface area contributed by atoms with Gasteiger partial charge >= 0.3 is 6.03 Å². The Morgan fingerprint density at radius 1 is 1.43 bits per heavy atom. The summed E-state index contributed by atoms with van der Waals surface area (Å²) in [6.45, 7) is 10.6. The lowest BCUT2D eigenvalue weighted by atomic mass is 10.2. The summed E-state index contributed by atoms with van der Waals surface area (Å²) < 4.78 is 19.8. The number of halogens is 1. The van der Waals surface area contributed by atoms with Gasteiger partial charge in [0, 0.05) is 5.56 Å². The summed E-state index contributed by atoms with van der Waals surface area (Å²) in [5.41, 5.74) is 7.12. The first-order chi connectivity index (χ1) is 9.53. The fraction of sp³-hybridized carbons (Fsp3) is 0.429. The Labute approximate surface area is 125 Å². The van der Waals surface area contributed by atoms with E-state index in [9.17, 15) is 9.18 Å². The van der Waals surface area contributed by atoms with Gasteiger partial charge in [0.05, 0.1) is 6.21 Å². The van der Waals surface area contributed by atoms with Crippen LogP contribution in [0.2, 0.25) is 18.1 Å². The highest BCUT2D eigenvalue weighted by atomic mass is 28.4. The van der Waals surface area contributed by atoms with Gasteiger partial charge in [-0.15, -0.1) is 0 Å². The van der Waals surface area contributed by atoms with Crippen molar-refractivity contribution in [3.63, 3.8) is 0 Å². The molecule has 0 radical (unpaired) electrons. The molecule has 5 nitrogen and oxygen atoms in total. The number of hydrogen-bond donors (Lipinski definition) is 2. The Kier molecular flexibility index (Phi) is 5.11. The van der Waals surface area contributed by atoms with Crippen LogP contribution in [0.25, 0.3) is 0 Å². The van der Waals surface area contributed by atoms with Crippen molar-refractivity contribution in [1.82, 2.24) is 5.43 Å². The van der Waals surface area contributed by atoms with E-state index in [4.69, 9.17) is 10.2 Å². The molecule has 0 aromatic heterocycles. The monoisotopic (exact) mass is 311 g/mol. The number of urea groups is 1. The number of nitrogens with one attached hydrogen (secondary N) is 1. The Bertz CT molecular complexity index is 554. The molecule has 1 aromatic rings. The first-order valence-corrected chi connectivity index (χ1v) is 9.51. The van der Waals surface area contributed by atoms with E-state index < -0.39 is 20.2 Å². The zero-order valence-electron chi connectivity index (χ0n) is 13.0. The fourth-order valence-corrected chi connectivity index (χ4v) is 2.32. The van der Waals surface area contributed by atoms with E-state index in [0.29, 0.717) is 5.75 Å². The molecule has 7 heteroatoms. The predicted octanol–water partition coefficient (Wildman–Crippen LogP) is 3.21. The van der Waals surface area contributed by atoms with Gasteiger partial charge in [-0.2, -0.15) is 5.10 Å². The van der Waals surface area contributed by atoms with Crippen LogP contribution in [0.1, 0.15) is 26.3 Å². The first kappa shape index (κ1) is 17.2. The second kappa shape index (κ2) is 6.25. The van der Waals surface area contributed by atoms with Crippen molar-refractivity contribution in [1.29, 1.82) is 0 Å². The summed E-state index contributed by atoms with van der Waals surface area (Å²) in [5, 5.41) is 3.60. The van der Waals surface area contributed by atoms with Crippen LogP contribution in [0.4, 0.5) is 9.18 Å². The molecule has 21 heavy (non-hydrogen) atoms. The first-order valence-electron chi connectivity index (χ1n) is 6.60. The number of hydrogen-bond acceptors (Lipinski definition) is 3. The molecule has 0 bridgehead atoms.